The van der Waals surface area contributed by atoms with Crippen LogP contribution in [0.3, 0.4) is 0 Å². The Morgan fingerprint density at radius 1 is 1.48 bits per heavy atom. The van der Waals surface area contributed by atoms with Gasteiger partial charge in [0, 0.05) is 25.0 Å². The van der Waals surface area contributed by atoms with Gasteiger partial charge in [-0.3, -0.25) is 14.9 Å². The second-order valence-electron chi connectivity index (χ2n) is 4.42. The molecule has 0 fully saturated rings. The molecule has 21 heavy (non-hydrogen) atoms. The standard InChI is InChI=1S/C14H15N5O2/c1-10-16-13(18-17-10)9-19(2)14(21)12-6-11(4-3-5-20)7-15-8-12/h6-8,20H,5,9H2,1-2H3,(H,16,17,18). The number of nitrogens with one attached hydrogen (secondary N) is 1. The molecule has 2 heterocycles. The zero-order valence-corrected chi connectivity index (χ0v) is 11.8. The Morgan fingerprint density at radius 3 is 2.95 bits per heavy atom. The van der Waals surface area contributed by atoms with Crippen LogP contribution in [0, 0.1) is 18.8 Å². The van der Waals surface area contributed by atoms with E-state index in [1.807, 2.05) is 0 Å². The van der Waals surface area contributed by atoms with Crippen LogP contribution >= 0.6 is 0 Å². The average Bonchev–Trinajstić information content (AvgIpc) is 2.89. The summed E-state index contributed by atoms with van der Waals surface area (Å²) in [6.07, 6.45) is 3.02. The first-order valence-electron chi connectivity index (χ1n) is 6.28. The van der Waals surface area contributed by atoms with Crippen molar-refractivity contribution < 1.29 is 9.90 Å². The van der Waals surface area contributed by atoms with Crippen LogP contribution in [0.15, 0.2) is 18.5 Å². The molecule has 2 aromatic rings. The second-order valence-corrected chi connectivity index (χ2v) is 4.42. The minimum absolute atomic E-state index is 0.197. The molecule has 0 saturated heterocycles. The lowest BCUT2D eigenvalue weighted by molar-refractivity contribution is 0.0781. The highest BCUT2D eigenvalue weighted by Gasteiger charge is 2.14. The topological polar surface area (TPSA) is 95.0 Å². The van der Waals surface area contributed by atoms with Crippen molar-refractivity contribution in [3.8, 4) is 11.8 Å². The molecule has 7 nitrogen and oxygen atoms in total. The number of H-pyrrole nitrogens is 1. The Hall–Kier alpha value is -2.72. The second kappa shape index (κ2) is 6.63. The van der Waals surface area contributed by atoms with Crippen LogP contribution in [0.25, 0.3) is 0 Å². The Morgan fingerprint density at radius 2 is 2.29 bits per heavy atom. The number of aromatic nitrogens is 4. The van der Waals surface area contributed by atoms with Crippen molar-refractivity contribution in [3.63, 3.8) is 0 Å². The monoisotopic (exact) mass is 285 g/mol. The molecule has 0 aliphatic carbocycles. The van der Waals surface area contributed by atoms with E-state index in [1.165, 1.54) is 17.3 Å². The van der Waals surface area contributed by atoms with Crippen LogP contribution in [-0.4, -0.2) is 49.7 Å². The van der Waals surface area contributed by atoms with Crippen molar-refractivity contribution >= 4 is 5.91 Å². The van der Waals surface area contributed by atoms with Gasteiger partial charge in [-0.25, -0.2) is 4.98 Å². The molecule has 0 aromatic carbocycles. The van der Waals surface area contributed by atoms with Crippen LogP contribution in [0.5, 0.6) is 0 Å². The van der Waals surface area contributed by atoms with Gasteiger partial charge in [0.05, 0.1) is 12.1 Å². The lowest BCUT2D eigenvalue weighted by Gasteiger charge is -2.15. The largest absolute Gasteiger partial charge is 0.384 e. The van der Waals surface area contributed by atoms with E-state index in [4.69, 9.17) is 5.11 Å². The van der Waals surface area contributed by atoms with Gasteiger partial charge >= 0.3 is 0 Å². The molecule has 0 aliphatic rings. The Labute approximate surface area is 122 Å². The number of aliphatic hydroxyl groups excluding tert-OH is 1. The first kappa shape index (κ1) is 14.7. The van der Waals surface area contributed by atoms with Crippen molar-refractivity contribution in [1.82, 2.24) is 25.1 Å². The van der Waals surface area contributed by atoms with E-state index in [1.54, 1.807) is 20.0 Å². The number of rotatable bonds is 3. The van der Waals surface area contributed by atoms with Crippen molar-refractivity contribution in [2.24, 2.45) is 0 Å². The van der Waals surface area contributed by atoms with Crippen LogP contribution in [0.1, 0.15) is 27.6 Å². The fourth-order valence-electron chi connectivity index (χ4n) is 1.73. The normalized spacial score (nSPS) is 9.86. The fraction of sp³-hybridized carbons (Fsp3) is 0.286. The summed E-state index contributed by atoms with van der Waals surface area (Å²) in [5, 5.41) is 15.4. The number of hydrogen-bond donors (Lipinski definition) is 2. The van der Waals surface area contributed by atoms with Gasteiger partial charge in [-0.05, 0) is 13.0 Å². The van der Waals surface area contributed by atoms with E-state index in [-0.39, 0.29) is 12.5 Å². The molecule has 108 valence electrons. The average molecular weight is 285 g/mol. The highest BCUT2D eigenvalue weighted by molar-refractivity contribution is 5.94. The van der Waals surface area contributed by atoms with Crippen molar-refractivity contribution in [2.75, 3.05) is 13.7 Å². The summed E-state index contributed by atoms with van der Waals surface area (Å²) < 4.78 is 0. The molecule has 0 unspecified atom stereocenters. The summed E-state index contributed by atoms with van der Waals surface area (Å²) in [6, 6.07) is 1.64. The molecule has 0 bridgehead atoms. The summed E-state index contributed by atoms with van der Waals surface area (Å²) in [6.45, 7) is 1.86. The molecule has 1 amide bonds. The number of aromatic amines is 1. The third kappa shape index (κ3) is 3.87. The summed E-state index contributed by atoms with van der Waals surface area (Å²) in [7, 11) is 1.67. The lowest BCUT2D eigenvalue weighted by Crippen LogP contribution is -2.27. The molecular weight excluding hydrogens is 270 g/mol. The SMILES string of the molecule is Cc1nc(CN(C)C(=O)c2cncc(C#CCO)c2)n[nH]1. The van der Waals surface area contributed by atoms with Gasteiger partial charge in [-0.2, -0.15) is 5.10 Å². The first-order chi connectivity index (χ1) is 10.1. The lowest BCUT2D eigenvalue weighted by atomic mass is 10.2. The number of pyridine rings is 1. The summed E-state index contributed by atoms with van der Waals surface area (Å²) >= 11 is 0. The number of nitrogens with zero attached hydrogens (tertiary/aromatic N) is 4. The van der Waals surface area contributed by atoms with E-state index in [9.17, 15) is 4.79 Å². The molecule has 0 aliphatic heterocycles. The molecule has 0 saturated carbocycles. The van der Waals surface area contributed by atoms with Crippen molar-refractivity contribution in [2.45, 2.75) is 13.5 Å². The van der Waals surface area contributed by atoms with Gasteiger partial charge < -0.3 is 10.0 Å². The maximum atomic E-state index is 12.3. The molecule has 7 heteroatoms. The number of carbonyl (C=O) groups excluding carboxylic acids is 1. The van der Waals surface area contributed by atoms with Crippen LogP contribution < -0.4 is 0 Å². The van der Waals surface area contributed by atoms with Gasteiger partial charge in [-0.1, -0.05) is 11.8 Å². The van der Waals surface area contributed by atoms with Crippen LogP contribution in [-0.2, 0) is 6.54 Å². The van der Waals surface area contributed by atoms with Gasteiger partial charge in [0.15, 0.2) is 5.82 Å². The third-order valence-corrected chi connectivity index (χ3v) is 2.67. The Kier molecular flexibility index (Phi) is 4.64. The Balaban J connectivity index is 2.11. The van der Waals surface area contributed by atoms with Gasteiger partial charge in [0.1, 0.15) is 12.4 Å². The van der Waals surface area contributed by atoms with E-state index >= 15 is 0 Å². The number of aryl methyl sites for hydroxylation is 1. The number of hydrogen-bond acceptors (Lipinski definition) is 5. The molecule has 2 aromatic heterocycles. The zero-order valence-electron chi connectivity index (χ0n) is 11.8. The smallest absolute Gasteiger partial charge is 0.255 e. The Bertz CT molecular complexity index is 699. The molecule has 2 rings (SSSR count). The molecular formula is C14H15N5O2. The third-order valence-electron chi connectivity index (χ3n) is 2.67. The quantitative estimate of drug-likeness (QED) is 0.781. The van der Waals surface area contributed by atoms with Crippen molar-refractivity contribution in [3.05, 3.63) is 41.2 Å². The van der Waals surface area contributed by atoms with E-state index in [0.29, 0.717) is 29.3 Å². The molecule has 0 radical (unpaired) electrons. The summed E-state index contributed by atoms with van der Waals surface area (Å²) in [5.74, 6) is 6.29. The summed E-state index contributed by atoms with van der Waals surface area (Å²) in [4.78, 5) is 21.9. The summed E-state index contributed by atoms with van der Waals surface area (Å²) in [5.41, 5.74) is 1.01. The fourth-order valence-corrected chi connectivity index (χ4v) is 1.73. The molecule has 0 spiro atoms. The zero-order chi connectivity index (χ0) is 15.2. The predicted octanol–water partition coefficient (Wildman–Crippen LogP) is 0.124. The maximum Gasteiger partial charge on any atom is 0.255 e. The first-order valence-corrected chi connectivity index (χ1v) is 6.28. The van der Waals surface area contributed by atoms with E-state index < -0.39 is 0 Å². The molecule has 2 N–H and O–H groups in total. The highest BCUT2D eigenvalue weighted by Crippen LogP contribution is 2.07. The number of carbonyl (C=O) groups is 1. The van der Waals surface area contributed by atoms with Gasteiger partial charge in [0.2, 0.25) is 0 Å². The van der Waals surface area contributed by atoms with Crippen molar-refractivity contribution in [1.29, 1.82) is 0 Å². The van der Waals surface area contributed by atoms with Gasteiger partial charge in [0.25, 0.3) is 5.91 Å². The predicted molar refractivity (Wildman–Crippen MR) is 75.1 cm³/mol. The van der Waals surface area contributed by atoms with Crippen LogP contribution in [0.2, 0.25) is 0 Å². The van der Waals surface area contributed by atoms with E-state index in [2.05, 4.69) is 32.0 Å². The maximum absolute atomic E-state index is 12.3. The minimum Gasteiger partial charge on any atom is -0.384 e. The number of aliphatic hydroxyl groups is 1. The van der Waals surface area contributed by atoms with Crippen LogP contribution in [0.4, 0.5) is 0 Å². The van der Waals surface area contributed by atoms with E-state index in [0.717, 1.165) is 0 Å². The van der Waals surface area contributed by atoms with Gasteiger partial charge in [-0.15, -0.1) is 0 Å². The minimum atomic E-state index is -0.234. The highest BCUT2D eigenvalue weighted by atomic mass is 16.2. The number of amides is 1. The molecule has 0 atom stereocenters.